The Kier molecular flexibility index (Phi) is 2.85. The van der Waals surface area contributed by atoms with Crippen LogP contribution in [-0.4, -0.2) is 21.0 Å². The second kappa shape index (κ2) is 4.66. The van der Waals surface area contributed by atoms with E-state index >= 15 is 0 Å². The smallest absolute Gasteiger partial charge is 0.337 e. The molecule has 0 amide bonds. The van der Waals surface area contributed by atoms with Gasteiger partial charge >= 0.3 is 5.97 Å². The standard InChI is InChI=1S/C13H9N3O2S/c17-13(18)9-3-4-14-6-11(9)16-8-1-2-10-12(5-8)19-7-15-10/h1-7,16H,(H,17,18). The van der Waals surface area contributed by atoms with Crippen LogP contribution in [0.3, 0.4) is 0 Å². The summed E-state index contributed by atoms with van der Waals surface area (Å²) in [6.07, 6.45) is 2.96. The molecule has 0 atom stereocenters. The van der Waals surface area contributed by atoms with Crippen LogP contribution in [0, 0.1) is 0 Å². The van der Waals surface area contributed by atoms with E-state index in [2.05, 4.69) is 15.3 Å². The highest BCUT2D eigenvalue weighted by atomic mass is 32.1. The summed E-state index contributed by atoms with van der Waals surface area (Å²) < 4.78 is 1.05. The number of fused-ring (bicyclic) bond motifs is 1. The molecule has 0 fully saturated rings. The van der Waals surface area contributed by atoms with Crippen LogP contribution in [0.2, 0.25) is 0 Å². The van der Waals surface area contributed by atoms with Gasteiger partial charge in [-0.25, -0.2) is 9.78 Å². The van der Waals surface area contributed by atoms with Gasteiger partial charge in [-0.05, 0) is 24.3 Å². The first-order valence-electron chi connectivity index (χ1n) is 5.51. The van der Waals surface area contributed by atoms with Gasteiger partial charge in [0.15, 0.2) is 0 Å². The van der Waals surface area contributed by atoms with Crippen molar-refractivity contribution in [2.75, 3.05) is 5.32 Å². The predicted octanol–water partition coefficient (Wildman–Crippen LogP) is 3.13. The summed E-state index contributed by atoms with van der Waals surface area (Å²) in [6.45, 7) is 0. The van der Waals surface area contributed by atoms with Crippen LogP contribution in [0.1, 0.15) is 10.4 Å². The first kappa shape index (κ1) is 11.6. The van der Waals surface area contributed by atoms with Gasteiger partial charge < -0.3 is 10.4 Å². The van der Waals surface area contributed by atoms with Crippen molar-refractivity contribution in [3.63, 3.8) is 0 Å². The Hall–Kier alpha value is -2.47. The van der Waals surface area contributed by atoms with E-state index in [-0.39, 0.29) is 5.56 Å². The van der Waals surface area contributed by atoms with Gasteiger partial charge in [-0.15, -0.1) is 11.3 Å². The number of carboxylic acid groups (broad SMARTS) is 1. The van der Waals surface area contributed by atoms with E-state index in [1.165, 1.54) is 29.8 Å². The summed E-state index contributed by atoms with van der Waals surface area (Å²) in [5.41, 5.74) is 4.19. The maximum Gasteiger partial charge on any atom is 0.337 e. The molecule has 5 nitrogen and oxygen atoms in total. The van der Waals surface area contributed by atoms with Gasteiger partial charge in [0.05, 0.1) is 33.2 Å². The van der Waals surface area contributed by atoms with Gasteiger partial charge in [0.1, 0.15) is 0 Å². The third kappa shape index (κ3) is 2.25. The zero-order valence-corrected chi connectivity index (χ0v) is 10.5. The molecule has 0 aliphatic rings. The monoisotopic (exact) mass is 271 g/mol. The fourth-order valence-corrected chi connectivity index (χ4v) is 2.49. The van der Waals surface area contributed by atoms with Gasteiger partial charge in [0.25, 0.3) is 0 Å². The minimum absolute atomic E-state index is 0.194. The molecule has 0 bridgehead atoms. The molecule has 0 spiro atoms. The second-order valence-electron chi connectivity index (χ2n) is 3.89. The quantitative estimate of drug-likeness (QED) is 0.765. The number of carbonyl (C=O) groups is 1. The predicted molar refractivity (Wildman–Crippen MR) is 74.1 cm³/mol. The lowest BCUT2D eigenvalue weighted by atomic mass is 10.2. The number of anilines is 2. The Bertz CT molecular complexity index is 754. The summed E-state index contributed by atoms with van der Waals surface area (Å²) in [5, 5.41) is 12.2. The van der Waals surface area contributed by atoms with Crippen molar-refractivity contribution < 1.29 is 9.90 Å². The number of pyridine rings is 1. The van der Waals surface area contributed by atoms with E-state index in [4.69, 9.17) is 5.11 Å². The van der Waals surface area contributed by atoms with E-state index in [0.29, 0.717) is 5.69 Å². The number of nitrogens with zero attached hydrogens (tertiary/aromatic N) is 2. The van der Waals surface area contributed by atoms with Crippen LogP contribution in [0.25, 0.3) is 10.2 Å². The third-order valence-electron chi connectivity index (χ3n) is 2.66. The number of carboxylic acids is 1. The SMILES string of the molecule is O=C(O)c1ccncc1Nc1ccc2ncsc2c1. The molecular formula is C13H9N3O2S. The van der Waals surface area contributed by atoms with E-state index in [1.807, 2.05) is 18.2 Å². The van der Waals surface area contributed by atoms with Crippen LogP contribution < -0.4 is 5.32 Å². The summed E-state index contributed by atoms with van der Waals surface area (Å²) in [4.78, 5) is 19.2. The zero-order chi connectivity index (χ0) is 13.2. The van der Waals surface area contributed by atoms with E-state index in [0.717, 1.165) is 15.9 Å². The molecule has 0 aliphatic heterocycles. The van der Waals surface area contributed by atoms with Crippen LogP contribution in [0.15, 0.2) is 42.2 Å². The van der Waals surface area contributed by atoms with Crippen molar-refractivity contribution in [2.45, 2.75) is 0 Å². The molecular weight excluding hydrogens is 262 g/mol. The molecule has 6 heteroatoms. The number of hydrogen-bond acceptors (Lipinski definition) is 5. The van der Waals surface area contributed by atoms with Gasteiger partial charge in [0, 0.05) is 11.9 Å². The molecule has 0 radical (unpaired) electrons. The van der Waals surface area contributed by atoms with Gasteiger partial charge in [0.2, 0.25) is 0 Å². The minimum Gasteiger partial charge on any atom is -0.478 e. The molecule has 94 valence electrons. The van der Waals surface area contributed by atoms with Crippen molar-refractivity contribution in [1.29, 1.82) is 0 Å². The average Bonchev–Trinajstić information content (AvgIpc) is 2.86. The number of rotatable bonds is 3. The maximum atomic E-state index is 11.1. The number of nitrogens with one attached hydrogen (secondary N) is 1. The highest BCUT2D eigenvalue weighted by Crippen LogP contribution is 2.25. The Balaban J connectivity index is 1.98. The van der Waals surface area contributed by atoms with Gasteiger partial charge in [-0.1, -0.05) is 0 Å². The first-order valence-corrected chi connectivity index (χ1v) is 6.39. The van der Waals surface area contributed by atoms with E-state index in [1.54, 1.807) is 5.51 Å². The maximum absolute atomic E-state index is 11.1. The number of thiazole rings is 1. The van der Waals surface area contributed by atoms with E-state index < -0.39 is 5.97 Å². The number of benzene rings is 1. The first-order chi connectivity index (χ1) is 9.24. The molecule has 0 saturated heterocycles. The Morgan fingerprint density at radius 2 is 2.21 bits per heavy atom. The Labute approximate surface area is 112 Å². The number of hydrogen-bond donors (Lipinski definition) is 2. The molecule has 2 N–H and O–H groups in total. The Morgan fingerprint density at radius 3 is 3.05 bits per heavy atom. The largest absolute Gasteiger partial charge is 0.478 e. The lowest BCUT2D eigenvalue weighted by Crippen LogP contribution is -2.02. The third-order valence-corrected chi connectivity index (χ3v) is 3.45. The topological polar surface area (TPSA) is 75.1 Å². The normalized spacial score (nSPS) is 10.5. The van der Waals surface area contributed by atoms with Crippen molar-refractivity contribution in [2.24, 2.45) is 0 Å². The fraction of sp³-hybridized carbons (Fsp3) is 0. The van der Waals surface area contributed by atoms with Crippen LogP contribution in [0.5, 0.6) is 0 Å². The number of aromatic carboxylic acids is 1. The molecule has 2 heterocycles. The molecule has 0 unspecified atom stereocenters. The molecule has 2 aromatic heterocycles. The molecule has 19 heavy (non-hydrogen) atoms. The summed E-state index contributed by atoms with van der Waals surface area (Å²) in [6, 6.07) is 7.16. The van der Waals surface area contributed by atoms with Crippen LogP contribution in [0.4, 0.5) is 11.4 Å². The van der Waals surface area contributed by atoms with Gasteiger partial charge in [-0.3, -0.25) is 4.98 Å². The van der Waals surface area contributed by atoms with Crippen molar-refractivity contribution in [1.82, 2.24) is 9.97 Å². The summed E-state index contributed by atoms with van der Waals surface area (Å²) in [5.74, 6) is -0.983. The average molecular weight is 271 g/mol. The summed E-state index contributed by atoms with van der Waals surface area (Å²) in [7, 11) is 0. The lowest BCUT2D eigenvalue weighted by Gasteiger charge is -2.08. The zero-order valence-electron chi connectivity index (χ0n) is 9.70. The Morgan fingerprint density at radius 1 is 1.32 bits per heavy atom. The van der Waals surface area contributed by atoms with Crippen LogP contribution in [-0.2, 0) is 0 Å². The highest BCUT2D eigenvalue weighted by Gasteiger charge is 2.10. The molecule has 1 aromatic carbocycles. The van der Waals surface area contributed by atoms with Crippen molar-refractivity contribution in [3.05, 3.63) is 47.7 Å². The van der Waals surface area contributed by atoms with Crippen LogP contribution >= 0.6 is 11.3 Å². The number of aromatic nitrogens is 2. The molecule has 3 rings (SSSR count). The second-order valence-corrected chi connectivity index (χ2v) is 4.77. The molecule has 0 saturated carbocycles. The summed E-state index contributed by atoms with van der Waals surface area (Å²) >= 11 is 1.54. The van der Waals surface area contributed by atoms with Gasteiger partial charge in [-0.2, -0.15) is 0 Å². The molecule has 3 aromatic rings. The van der Waals surface area contributed by atoms with Crippen molar-refractivity contribution in [3.8, 4) is 0 Å². The lowest BCUT2D eigenvalue weighted by molar-refractivity contribution is 0.0698. The van der Waals surface area contributed by atoms with Crippen molar-refractivity contribution >= 4 is 38.9 Å². The minimum atomic E-state index is -0.983. The fourth-order valence-electron chi connectivity index (χ4n) is 1.77. The van der Waals surface area contributed by atoms with E-state index in [9.17, 15) is 4.79 Å². The molecule has 0 aliphatic carbocycles. The highest BCUT2D eigenvalue weighted by molar-refractivity contribution is 7.16.